The molecule has 0 aliphatic carbocycles. The molecule has 0 spiro atoms. The lowest BCUT2D eigenvalue weighted by Gasteiger charge is -2.07. The summed E-state index contributed by atoms with van der Waals surface area (Å²) in [4.78, 5) is 16.3. The second kappa shape index (κ2) is 5.59. The van der Waals surface area contributed by atoms with E-state index in [-0.39, 0.29) is 5.91 Å². The Bertz CT molecular complexity index is 646. The SMILES string of the molecule is Cc1nc(NC(=O)c2ccc(Cl)c(N)c2)ccc1Br. The largest absolute Gasteiger partial charge is 0.398 e. The quantitative estimate of drug-likeness (QED) is 0.820. The Morgan fingerprint density at radius 2 is 2.11 bits per heavy atom. The number of aryl methyl sites for hydroxylation is 1. The molecule has 1 amide bonds. The molecule has 3 N–H and O–H groups in total. The van der Waals surface area contributed by atoms with E-state index >= 15 is 0 Å². The number of halogens is 2. The number of rotatable bonds is 2. The van der Waals surface area contributed by atoms with Gasteiger partial charge in [0.2, 0.25) is 0 Å². The van der Waals surface area contributed by atoms with Crippen molar-refractivity contribution in [2.45, 2.75) is 6.92 Å². The number of carbonyl (C=O) groups is 1. The number of nitrogens with two attached hydrogens (primary N) is 1. The Hall–Kier alpha value is -1.59. The van der Waals surface area contributed by atoms with Crippen molar-refractivity contribution in [3.8, 4) is 0 Å². The molecule has 1 aromatic carbocycles. The standard InChI is InChI=1S/C13H11BrClN3O/c1-7-9(14)3-5-12(17-7)18-13(19)8-2-4-10(15)11(16)6-8/h2-6H,16H2,1H3,(H,17,18,19). The highest BCUT2D eigenvalue weighted by atomic mass is 79.9. The van der Waals surface area contributed by atoms with Crippen molar-refractivity contribution < 1.29 is 4.79 Å². The van der Waals surface area contributed by atoms with Gasteiger partial charge in [-0.2, -0.15) is 0 Å². The first kappa shape index (κ1) is 13.8. The number of nitrogen functional groups attached to an aromatic ring is 1. The number of nitrogens with zero attached hydrogens (tertiary/aromatic N) is 1. The third kappa shape index (κ3) is 3.24. The van der Waals surface area contributed by atoms with Crippen LogP contribution in [0.1, 0.15) is 16.1 Å². The minimum atomic E-state index is -0.280. The zero-order valence-corrected chi connectivity index (χ0v) is 12.4. The van der Waals surface area contributed by atoms with E-state index in [1.165, 1.54) is 6.07 Å². The average Bonchev–Trinajstić information content (AvgIpc) is 2.37. The van der Waals surface area contributed by atoms with Crippen LogP contribution in [0.25, 0.3) is 0 Å². The van der Waals surface area contributed by atoms with Crippen LogP contribution in [0.15, 0.2) is 34.8 Å². The normalized spacial score (nSPS) is 10.3. The Labute approximate surface area is 124 Å². The Morgan fingerprint density at radius 1 is 1.37 bits per heavy atom. The van der Waals surface area contributed by atoms with Gasteiger partial charge in [-0.1, -0.05) is 11.6 Å². The van der Waals surface area contributed by atoms with Crippen LogP contribution < -0.4 is 11.1 Å². The van der Waals surface area contributed by atoms with Gasteiger partial charge in [-0.3, -0.25) is 4.79 Å². The third-order valence-electron chi connectivity index (χ3n) is 2.52. The zero-order valence-electron chi connectivity index (χ0n) is 10.1. The van der Waals surface area contributed by atoms with E-state index in [0.29, 0.717) is 22.1 Å². The number of amides is 1. The fourth-order valence-electron chi connectivity index (χ4n) is 1.49. The van der Waals surface area contributed by atoms with Crippen LogP contribution in [-0.4, -0.2) is 10.9 Å². The van der Waals surface area contributed by atoms with Crippen molar-refractivity contribution in [3.63, 3.8) is 0 Å². The number of nitrogens with one attached hydrogen (secondary N) is 1. The molecule has 1 aromatic heterocycles. The summed E-state index contributed by atoms with van der Waals surface area (Å²) in [5.74, 6) is 0.205. The van der Waals surface area contributed by atoms with Gasteiger partial charge >= 0.3 is 0 Å². The molecule has 0 atom stereocenters. The summed E-state index contributed by atoms with van der Waals surface area (Å²) in [6, 6.07) is 8.28. The highest BCUT2D eigenvalue weighted by molar-refractivity contribution is 9.10. The second-order valence-electron chi connectivity index (χ2n) is 3.95. The number of benzene rings is 1. The van der Waals surface area contributed by atoms with Gasteiger partial charge in [-0.25, -0.2) is 4.98 Å². The molecule has 2 rings (SSSR count). The Kier molecular flexibility index (Phi) is 4.07. The highest BCUT2D eigenvalue weighted by Crippen LogP contribution is 2.21. The highest BCUT2D eigenvalue weighted by Gasteiger charge is 2.09. The molecule has 0 bridgehead atoms. The summed E-state index contributed by atoms with van der Waals surface area (Å²) in [5, 5.41) is 3.13. The van der Waals surface area contributed by atoms with Crippen molar-refractivity contribution in [2.75, 3.05) is 11.1 Å². The van der Waals surface area contributed by atoms with E-state index in [2.05, 4.69) is 26.2 Å². The molecule has 0 radical (unpaired) electrons. The molecule has 0 fully saturated rings. The molecule has 98 valence electrons. The molecule has 2 aromatic rings. The smallest absolute Gasteiger partial charge is 0.256 e. The molecule has 0 aliphatic rings. The predicted molar refractivity (Wildman–Crippen MR) is 80.5 cm³/mol. The van der Waals surface area contributed by atoms with Gasteiger partial charge in [-0.15, -0.1) is 0 Å². The first-order valence-electron chi connectivity index (χ1n) is 5.47. The monoisotopic (exact) mass is 339 g/mol. The van der Waals surface area contributed by atoms with E-state index in [1.807, 2.05) is 13.0 Å². The number of hydrogen-bond acceptors (Lipinski definition) is 3. The van der Waals surface area contributed by atoms with E-state index in [4.69, 9.17) is 17.3 Å². The van der Waals surface area contributed by atoms with Gasteiger partial charge in [0.05, 0.1) is 16.4 Å². The van der Waals surface area contributed by atoms with Gasteiger partial charge in [0.1, 0.15) is 5.82 Å². The first-order valence-corrected chi connectivity index (χ1v) is 6.64. The molecule has 4 nitrogen and oxygen atoms in total. The summed E-state index contributed by atoms with van der Waals surface area (Å²) >= 11 is 9.16. The second-order valence-corrected chi connectivity index (χ2v) is 5.22. The predicted octanol–water partition coefficient (Wildman–Crippen LogP) is 3.64. The van der Waals surface area contributed by atoms with Gasteiger partial charge in [-0.05, 0) is 53.2 Å². The van der Waals surface area contributed by atoms with Crippen molar-refractivity contribution in [3.05, 3.63) is 51.1 Å². The lowest BCUT2D eigenvalue weighted by Crippen LogP contribution is -2.13. The van der Waals surface area contributed by atoms with Gasteiger partial charge < -0.3 is 11.1 Å². The molecule has 1 heterocycles. The van der Waals surface area contributed by atoms with Crippen molar-refractivity contribution in [2.24, 2.45) is 0 Å². The summed E-state index contributed by atoms with van der Waals surface area (Å²) in [7, 11) is 0. The molecule has 0 saturated heterocycles. The van der Waals surface area contributed by atoms with Crippen LogP contribution in [0.2, 0.25) is 5.02 Å². The average molecular weight is 341 g/mol. The summed E-state index contributed by atoms with van der Waals surface area (Å²) in [6.45, 7) is 1.85. The fourth-order valence-corrected chi connectivity index (χ4v) is 1.83. The van der Waals surface area contributed by atoms with Gasteiger partial charge in [0, 0.05) is 10.0 Å². The lowest BCUT2D eigenvalue weighted by atomic mass is 10.2. The summed E-state index contributed by atoms with van der Waals surface area (Å²) in [5.41, 5.74) is 7.27. The minimum absolute atomic E-state index is 0.280. The molecule has 0 aliphatic heterocycles. The molecule has 6 heteroatoms. The maximum atomic E-state index is 12.0. The molecule has 0 saturated carbocycles. The minimum Gasteiger partial charge on any atom is -0.398 e. The van der Waals surface area contributed by atoms with Gasteiger partial charge in [0.25, 0.3) is 5.91 Å². The topological polar surface area (TPSA) is 68.0 Å². The van der Waals surface area contributed by atoms with E-state index in [0.717, 1.165) is 10.2 Å². The van der Waals surface area contributed by atoms with Crippen LogP contribution in [0.5, 0.6) is 0 Å². The Morgan fingerprint density at radius 3 is 2.74 bits per heavy atom. The number of pyridine rings is 1. The van der Waals surface area contributed by atoms with Crippen LogP contribution in [-0.2, 0) is 0 Å². The molecular weight excluding hydrogens is 330 g/mol. The first-order chi connectivity index (χ1) is 8.97. The maximum Gasteiger partial charge on any atom is 0.256 e. The summed E-state index contributed by atoms with van der Waals surface area (Å²) < 4.78 is 0.890. The number of anilines is 2. The van der Waals surface area contributed by atoms with Crippen molar-refractivity contribution in [1.29, 1.82) is 0 Å². The maximum absolute atomic E-state index is 12.0. The molecule has 19 heavy (non-hydrogen) atoms. The molecular formula is C13H11BrClN3O. The van der Waals surface area contributed by atoms with Gasteiger partial charge in [0.15, 0.2) is 0 Å². The third-order valence-corrected chi connectivity index (χ3v) is 3.70. The van der Waals surface area contributed by atoms with Crippen LogP contribution in [0.4, 0.5) is 11.5 Å². The fraction of sp³-hybridized carbons (Fsp3) is 0.0769. The number of hydrogen-bond donors (Lipinski definition) is 2. The lowest BCUT2D eigenvalue weighted by molar-refractivity contribution is 0.102. The van der Waals surface area contributed by atoms with Crippen LogP contribution >= 0.6 is 27.5 Å². The summed E-state index contributed by atoms with van der Waals surface area (Å²) in [6.07, 6.45) is 0. The Balaban J connectivity index is 2.20. The number of carbonyl (C=O) groups excluding carboxylic acids is 1. The van der Waals surface area contributed by atoms with Crippen molar-refractivity contribution in [1.82, 2.24) is 4.98 Å². The molecule has 0 unspecified atom stereocenters. The zero-order chi connectivity index (χ0) is 14.0. The van der Waals surface area contributed by atoms with Crippen LogP contribution in [0, 0.1) is 6.92 Å². The van der Waals surface area contributed by atoms with E-state index in [1.54, 1.807) is 18.2 Å². The van der Waals surface area contributed by atoms with E-state index in [9.17, 15) is 4.79 Å². The van der Waals surface area contributed by atoms with Crippen LogP contribution in [0.3, 0.4) is 0 Å². The van der Waals surface area contributed by atoms with Crippen molar-refractivity contribution >= 4 is 44.9 Å². The van der Waals surface area contributed by atoms with E-state index < -0.39 is 0 Å². The number of aromatic nitrogens is 1.